The molecule has 0 atom stereocenters. The molecular formula is C11H13N3O3S. The van der Waals surface area contributed by atoms with E-state index in [1.54, 1.807) is 32.4 Å². The van der Waals surface area contributed by atoms with Crippen LogP contribution >= 0.6 is 11.3 Å². The summed E-state index contributed by atoms with van der Waals surface area (Å²) in [5, 5.41) is 8.74. The maximum atomic E-state index is 5.56. The first-order chi connectivity index (χ1) is 8.72. The van der Waals surface area contributed by atoms with Crippen LogP contribution in [0.15, 0.2) is 18.2 Å². The summed E-state index contributed by atoms with van der Waals surface area (Å²) in [5.41, 5.74) is 5.48. The molecule has 2 rings (SSSR count). The van der Waals surface area contributed by atoms with E-state index in [9.17, 15) is 0 Å². The van der Waals surface area contributed by atoms with E-state index >= 15 is 0 Å². The van der Waals surface area contributed by atoms with Crippen LogP contribution in [0, 0.1) is 0 Å². The highest BCUT2D eigenvalue weighted by Crippen LogP contribution is 2.31. The smallest absolute Gasteiger partial charge is 0.203 e. The normalized spacial score (nSPS) is 10.1. The van der Waals surface area contributed by atoms with Gasteiger partial charge in [-0.25, -0.2) is 0 Å². The Balaban J connectivity index is 2.05. The minimum absolute atomic E-state index is 0.324. The molecular weight excluding hydrogens is 254 g/mol. The highest BCUT2D eigenvalue weighted by Gasteiger charge is 2.07. The first-order valence-corrected chi connectivity index (χ1v) is 5.97. The van der Waals surface area contributed by atoms with E-state index in [2.05, 4.69) is 10.2 Å². The lowest BCUT2D eigenvalue weighted by Crippen LogP contribution is -1.96. The SMILES string of the molecule is COc1ccc(OCc2nnc(N)s2)cc1OC. The standard InChI is InChI=1S/C11H13N3O3S/c1-15-8-4-3-7(5-9(8)16-2)17-6-10-13-14-11(12)18-10/h3-5H,6H2,1-2H3,(H2,12,14). The Hall–Kier alpha value is -2.02. The van der Waals surface area contributed by atoms with Gasteiger partial charge in [0, 0.05) is 6.07 Å². The topological polar surface area (TPSA) is 79.5 Å². The molecule has 0 radical (unpaired) electrons. The first-order valence-electron chi connectivity index (χ1n) is 5.15. The average Bonchev–Trinajstić information content (AvgIpc) is 2.81. The van der Waals surface area contributed by atoms with Crippen molar-refractivity contribution in [3.05, 3.63) is 23.2 Å². The Morgan fingerprint density at radius 2 is 1.94 bits per heavy atom. The molecule has 0 amide bonds. The molecule has 6 nitrogen and oxygen atoms in total. The Labute approximate surface area is 108 Å². The van der Waals surface area contributed by atoms with Crippen molar-refractivity contribution in [2.75, 3.05) is 20.0 Å². The van der Waals surface area contributed by atoms with Crippen LogP contribution in [0.1, 0.15) is 5.01 Å². The van der Waals surface area contributed by atoms with Crippen LogP contribution < -0.4 is 19.9 Å². The van der Waals surface area contributed by atoms with E-state index in [1.165, 1.54) is 11.3 Å². The third kappa shape index (κ3) is 2.80. The van der Waals surface area contributed by atoms with Crippen molar-refractivity contribution in [1.29, 1.82) is 0 Å². The maximum absolute atomic E-state index is 5.56. The fraction of sp³-hybridized carbons (Fsp3) is 0.273. The minimum atomic E-state index is 0.324. The van der Waals surface area contributed by atoms with Gasteiger partial charge in [-0.1, -0.05) is 11.3 Å². The van der Waals surface area contributed by atoms with Crippen LogP contribution in [0.2, 0.25) is 0 Å². The Kier molecular flexibility index (Phi) is 3.83. The monoisotopic (exact) mass is 267 g/mol. The van der Waals surface area contributed by atoms with Gasteiger partial charge in [-0.2, -0.15) is 0 Å². The molecule has 0 aliphatic rings. The molecule has 1 aromatic carbocycles. The lowest BCUT2D eigenvalue weighted by atomic mass is 10.3. The number of anilines is 1. The molecule has 2 N–H and O–H groups in total. The third-order valence-corrected chi connectivity index (χ3v) is 2.93. The molecule has 1 heterocycles. The van der Waals surface area contributed by atoms with E-state index in [1.807, 2.05) is 0 Å². The van der Waals surface area contributed by atoms with Crippen molar-refractivity contribution < 1.29 is 14.2 Å². The van der Waals surface area contributed by atoms with Crippen LogP contribution in [-0.4, -0.2) is 24.4 Å². The van der Waals surface area contributed by atoms with E-state index in [4.69, 9.17) is 19.9 Å². The van der Waals surface area contributed by atoms with E-state index in [0.717, 1.165) is 5.01 Å². The molecule has 2 aromatic rings. The van der Waals surface area contributed by atoms with Crippen LogP contribution in [0.25, 0.3) is 0 Å². The predicted octanol–water partition coefficient (Wildman–Crippen LogP) is 1.72. The Morgan fingerprint density at radius 3 is 2.56 bits per heavy atom. The zero-order valence-corrected chi connectivity index (χ0v) is 10.9. The van der Waals surface area contributed by atoms with E-state index in [-0.39, 0.29) is 0 Å². The van der Waals surface area contributed by atoms with Gasteiger partial charge >= 0.3 is 0 Å². The van der Waals surface area contributed by atoms with Gasteiger partial charge in [0.25, 0.3) is 0 Å². The number of hydrogen-bond donors (Lipinski definition) is 1. The summed E-state index contributed by atoms with van der Waals surface area (Å²) >= 11 is 1.30. The number of nitrogens with two attached hydrogens (primary N) is 1. The molecule has 0 spiro atoms. The average molecular weight is 267 g/mol. The number of rotatable bonds is 5. The summed E-state index contributed by atoms with van der Waals surface area (Å²) in [4.78, 5) is 0. The zero-order valence-electron chi connectivity index (χ0n) is 10.0. The van der Waals surface area contributed by atoms with Crippen molar-refractivity contribution in [2.24, 2.45) is 0 Å². The molecule has 0 bridgehead atoms. The molecule has 0 aliphatic carbocycles. The Morgan fingerprint density at radius 1 is 1.17 bits per heavy atom. The number of benzene rings is 1. The lowest BCUT2D eigenvalue weighted by molar-refractivity contribution is 0.299. The highest BCUT2D eigenvalue weighted by atomic mass is 32.1. The third-order valence-electron chi connectivity index (χ3n) is 2.20. The summed E-state index contributed by atoms with van der Waals surface area (Å²) in [6.45, 7) is 0.324. The van der Waals surface area contributed by atoms with Crippen LogP contribution in [0.4, 0.5) is 5.13 Å². The van der Waals surface area contributed by atoms with Gasteiger partial charge < -0.3 is 19.9 Å². The summed E-state index contributed by atoms with van der Waals surface area (Å²) in [5.74, 6) is 1.94. The number of nitrogen functional groups attached to an aromatic ring is 1. The number of aromatic nitrogens is 2. The van der Waals surface area contributed by atoms with Gasteiger partial charge in [0.15, 0.2) is 16.5 Å². The largest absolute Gasteiger partial charge is 0.493 e. The molecule has 0 unspecified atom stereocenters. The van der Waals surface area contributed by atoms with Crippen LogP contribution in [0.3, 0.4) is 0 Å². The summed E-state index contributed by atoms with van der Waals surface area (Å²) < 4.78 is 15.9. The minimum Gasteiger partial charge on any atom is -0.493 e. The first kappa shape index (κ1) is 12.4. The van der Waals surface area contributed by atoms with Gasteiger partial charge in [-0.05, 0) is 12.1 Å². The maximum Gasteiger partial charge on any atom is 0.203 e. The van der Waals surface area contributed by atoms with Crippen LogP contribution in [-0.2, 0) is 6.61 Å². The number of methoxy groups -OCH3 is 2. The summed E-state index contributed by atoms with van der Waals surface area (Å²) in [6, 6.07) is 5.33. The Bertz CT molecular complexity index is 530. The summed E-state index contributed by atoms with van der Waals surface area (Å²) in [7, 11) is 3.16. The molecule has 0 saturated carbocycles. The lowest BCUT2D eigenvalue weighted by Gasteiger charge is -2.09. The molecule has 0 aliphatic heterocycles. The molecule has 18 heavy (non-hydrogen) atoms. The van der Waals surface area contributed by atoms with Crippen molar-refractivity contribution in [3.8, 4) is 17.2 Å². The van der Waals surface area contributed by atoms with Gasteiger partial charge in [0.2, 0.25) is 5.13 Å². The molecule has 0 fully saturated rings. The quantitative estimate of drug-likeness (QED) is 0.888. The molecule has 1 aromatic heterocycles. The van der Waals surface area contributed by atoms with E-state index in [0.29, 0.717) is 29.0 Å². The van der Waals surface area contributed by atoms with Gasteiger partial charge in [0.05, 0.1) is 14.2 Å². The highest BCUT2D eigenvalue weighted by molar-refractivity contribution is 7.15. The number of ether oxygens (including phenoxy) is 3. The number of hydrogen-bond acceptors (Lipinski definition) is 7. The van der Waals surface area contributed by atoms with Crippen molar-refractivity contribution in [3.63, 3.8) is 0 Å². The molecule has 96 valence electrons. The molecule has 0 saturated heterocycles. The van der Waals surface area contributed by atoms with E-state index < -0.39 is 0 Å². The van der Waals surface area contributed by atoms with Gasteiger partial charge in [0.1, 0.15) is 12.4 Å². The second-order valence-electron chi connectivity index (χ2n) is 3.34. The zero-order chi connectivity index (χ0) is 13.0. The fourth-order valence-electron chi connectivity index (χ4n) is 1.38. The fourth-order valence-corrected chi connectivity index (χ4v) is 1.90. The van der Waals surface area contributed by atoms with Gasteiger partial charge in [-0.3, -0.25) is 0 Å². The molecule has 7 heteroatoms. The second-order valence-corrected chi connectivity index (χ2v) is 4.43. The van der Waals surface area contributed by atoms with Gasteiger partial charge in [-0.15, -0.1) is 10.2 Å². The second kappa shape index (κ2) is 5.54. The van der Waals surface area contributed by atoms with Crippen LogP contribution in [0.5, 0.6) is 17.2 Å². The predicted molar refractivity (Wildman–Crippen MR) is 68.2 cm³/mol. The summed E-state index contributed by atoms with van der Waals surface area (Å²) in [6.07, 6.45) is 0. The van der Waals surface area contributed by atoms with Crippen molar-refractivity contribution in [1.82, 2.24) is 10.2 Å². The van der Waals surface area contributed by atoms with Crippen molar-refractivity contribution in [2.45, 2.75) is 6.61 Å². The number of nitrogens with zero attached hydrogens (tertiary/aromatic N) is 2. The van der Waals surface area contributed by atoms with Crippen molar-refractivity contribution >= 4 is 16.5 Å².